The maximum Gasteiger partial charge on any atom is 0.194 e. The molecule has 0 saturated heterocycles. The maximum atomic E-state index is 12.4. The van der Waals surface area contributed by atoms with Crippen LogP contribution in [0.3, 0.4) is 0 Å². The number of rotatable bonds is 4. The molecule has 0 aliphatic heterocycles. The van der Waals surface area contributed by atoms with Gasteiger partial charge in [0.05, 0.1) is 0 Å². The third kappa shape index (κ3) is 2.39. The smallest absolute Gasteiger partial charge is 0.194 e. The highest BCUT2D eigenvalue weighted by Crippen LogP contribution is 2.20. The number of carbonyl (C=O) groups is 1. The van der Waals surface area contributed by atoms with Crippen LogP contribution >= 0.6 is 11.3 Å². The van der Waals surface area contributed by atoms with Gasteiger partial charge >= 0.3 is 0 Å². The Morgan fingerprint density at radius 3 is 2.39 bits per heavy atom. The van der Waals surface area contributed by atoms with Crippen LogP contribution in [-0.2, 0) is 12.8 Å². The summed E-state index contributed by atoms with van der Waals surface area (Å²) in [6.07, 6.45) is 2.00. The van der Waals surface area contributed by atoms with E-state index in [1.54, 1.807) is 11.3 Å². The minimum absolute atomic E-state index is 0.145. The molecule has 0 fully saturated rings. The molecule has 2 aromatic rings. The summed E-state index contributed by atoms with van der Waals surface area (Å²) in [5.74, 6) is 0.145. The fourth-order valence-electron chi connectivity index (χ4n) is 2.19. The monoisotopic (exact) mass is 258 g/mol. The number of hydrogen-bond donors (Lipinski definition) is 0. The number of aryl methyl sites for hydroxylation is 3. The first-order chi connectivity index (χ1) is 8.67. The molecule has 0 radical (unpaired) electrons. The van der Waals surface area contributed by atoms with Crippen LogP contribution in [0.25, 0.3) is 0 Å². The molecule has 94 valence electrons. The number of hydrogen-bond acceptors (Lipinski definition) is 2. The van der Waals surface area contributed by atoms with E-state index in [1.807, 2.05) is 23.8 Å². The molecule has 2 rings (SSSR count). The molecular weight excluding hydrogens is 240 g/mol. The Bertz CT molecular complexity index is 566. The van der Waals surface area contributed by atoms with E-state index in [4.69, 9.17) is 0 Å². The molecule has 0 N–H and O–H groups in total. The van der Waals surface area contributed by atoms with Gasteiger partial charge in [-0.3, -0.25) is 4.79 Å². The molecule has 0 atom stereocenters. The zero-order valence-electron chi connectivity index (χ0n) is 11.1. The Labute approximate surface area is 112 Å². The number of benzene rings is 1. The fraction of sp³-hybridized carbons (Fsp3) is 0.312. The first-order valence-corrected chi connectivity index (χ1v) is 7.31. The molecular formula is C16H18OS. The van der Waals surface area contributed by atoms with Crippen molar-refractivity contribution >= 4 is 17.1 Å². The SMILES string of the molecule is CCc1ccc(C(=O)c2cscc2C)cc1CC. The van der Waals surface area contributed by atoms with Gasteiger partial charge in [-0.25, -0.2) is 0 Å². The first kappa shape index (κ1) is 13.0. The molecule has 18 heavy (non-hydrogen) atoms. The molecule has 1 aromatic heterocycles. The van der Waals surface area contributed by atoms with Crippen molar-refractivity contribution in [2.24, 2.45) is 0 Å². The second-order valence-corrected chi connectivity index (χ2v) is 5.23. The van der Waals surface area contributed by atoms with Gasteiger partial charge in [-0.15, -0.1) is 0 Å². The lowest BCUT2D eigenvalue weighted by molar-refractivity contribution is 0.103. The maximum absolute atomic E-state index is 12.4. The molecule has 0 aliphatic rings. The van der Waals surface area contributed by atoms with Gasteiger partial charge in [-0.05, 0) is 47.9 Å². The summed E-state index contributed by atoms with van der Waals surface area (Å²) in [5, 5.41) is 3.96. The van der Waals surface area contributed by atoms with Gasteiger partial charge in [0, 0.05) is 16.5 Å². The average molecular weight is 258 g/mol. The molecule has 1 aromatic carbocycles. The van der Waals surface area contributed by atoms with E-state index in [2.05, 4.69) is 26.0 Å². The van der Waals surface area contributed by atoms with Crippen LogP contribution in [0.5, 0.6) is 0 Å². The molecule has 0 spiro atoms. The van der Waals surface area contributed by atoms with Crippen molar-refractivity contribution in [2.75, 3.05) is 0 Å². The van der Waals surface area contributed by atoms with Gasteiger partial charge in [0.15, 0.2) is 5.78 Å². The van der Waals surface area contributed by atoms with E-state index in [9.17, 15) is 4.79 Å². The minimum Gasteiger partial charge on any atom is -0.289 e. The van der Waals surface area contributed by atoms with Crippen LogP contribution in [0, 0.1) is 6.92 Å². The molecule has 0 amide bonds. The summed E-state index contributed by atoms with van der Waals surface area (Å²) in [4.78, 5) is 12.4. The lowest BCUT2D eigenvalue weighted by Crippen LogP contribution is -2.03. The van der Waals surface area contributed by atoms with Crippen LogP contribution in [0.2, 0.25) is 0 Å². The van der Waals surface area contributed by atoms with E-state index < -0.39 is 0 Å². The topological polar surface area (TPSA) is 17.1 Å². The van der Waals surface area contributed by atoms with Crippen LogP contribution in [0.15, 0.2) is 29.0 Å². The molecule has 1 heterocycles. The van der Waals surface area contributed by atoms with Crippen molar-refractivity contribution in [1.29, 1.82) is 0 Å². The summed E-state index contributed by atoms with van der Waals surface area (Å²) >= 11 is 1.59. The second-order valence-electron chi connectivity index (χ2n) is 4.49. The third-order valence-corrected chi connectivity index (χ3v) is 4.19. The normalized spacial score (nSPS) is 10.6. The van der Waals surface area contributed by atoms with Crippen molar-refractivity contribution in [3.8, 4) is 0 Å². The second kappa shape index (κ2) is 5.49. The third-order valence-electron chi connectivity index (χ3n) is 3.33. The van der Waals surface area contributed by atoms with E-state index >= 15 is 0 Å². The lowest BCUT2D eigenvalue weighted by Gasteiger charge is -2.08. The molecule has 0 unspecified atom stereocenters. The zero-order valence-corrected chi connectivity index (χ0v) is 11.9. The molecule has 0 aliphatic carbocycles. The summed E-state index contributed by atoms with van der Waals surface area (Å²) in [6.45, 7) is 6.28. The highest BCUT2D eigenvalue weighted by molar-refractivity contribution is 7.08. The van der Waals surface area contributed by atoms with E-state index in [-0.39, 0.29) is 5.78 Å². The molecule has 0 bridgehead atoms. The van der Waals surface area contributed by atoms with E-state index in [0.717, 1.165) is 29.5 Å². The van der Waals surface area contributed by atoms with Gasteiger partial charge in [0.2, 0.25) is 0 Å². The average Bonchev–Trinajstić information content (AvgIpc) is 2.83. The van der Waals surface area contributed by atoms with Gasteiger partial charge in [-0.2, -0.15) is 11.3 Å². The predicted octanol–water partition coefficient (Wildman–Crippen LogP) is 4.41. The van der Waals surface area contributed by atoms with Crippen molar-refractivity contribution < 1.29 is 4.79 Å². The van der Waals surface area contributed by atoms with Crippen LogP contribution in [0.4, 0.5) is 0 Å². The van der Waals surface area contributed by atoms with Crippen LogP contribution in [-0.4, -0.2) is 5.78 Å². The quantitative estimate of drug-likeness (QED) is 0.742. The van der Waals surface area contributed by atoms with Crippen molar-refractivity contribution in [1.82, 2.24) is 0 Å². The zero-order chi connectivity index (χ0) is 13.1. The Kier molecular flexibility index (Phi) is 3.97. The summed E-state index contributed by atoms with van der Waals surface area (Å²) in [5.41, 5.74) is 5.35. The number of thiophene rings is 1. The summed E-state index contributed by atoms with van der Waals surface area (Å²) < 4.78 is 0. The van der Waals surface area contributed by atoms with Crippen LogP contribution in [0.1, 0.15) is 46.5 Å². The molecule has 0 saturated carbocycles. The molecule has 1 nitrogen and oxygen atoms in total. The number of ketones is 1. The Morgan fingerprint density at radius 1 is 1.11 bits per heavy atom. The van der Waals surface area contributed by atoms with Gasteiger partial charge in [0.25, 0.3) is 0 Å². The predicted molar refractivity (Wildman–Crippen MR) is 77.7 cm³/mol. The Morgan fingerprint density at radius 2 is 1.83 bits per heavy atom. The van der Waals surface area contributed by atoms with Gasteiger partial charge in [-0.1, -0.05) is 26.0 Å². The fourth-order valence-corrected chi connectivity index (χ4v) is 3.02. The highest BCUT2D eigenvalue weighted by Gasteiger charge is 2.13. The summed E-state index contributed by atoms with van der Waals surface area (Å²) in [6, 6.07) is 6.10. The number of carbonyl (C=O) groups excluding carboxylic acids is 1. The van der Waals surface area contributed by atoms with Gasteiger partial charge < -0.3 is 0 Å². The van der Waals surface area contributed by atoms with Crippen molar-refractivity contribution in [3.63, 3.8) is 0 Å². The van der Waals surface area contributed by atoms with Gasteiger partial charge in [0.1, 0.15) is 0 Å². The Balaban J connectivity index is 2.40. The summed E-state index contributed by atoms with van der Waals surface area (Å²) in [7, 11) is 0. The van der Waals surface area contributed by atoms with Crippen LogP contribution < -0.4 is 0 Å². The first-order valence-electron chi connectivity index (χ1n) is 6.36. The molecule has 2 heteroatoms. The van der Waals surface area contributed by atoms with Crippen molar-refractivity contribution in [3.05, 3.63) is 56.8 Å². The highest BCUT2D eigenvalue weighted by atomic mass is 32.1. The van der Waals surface area contributed by atoms with E-state index in [0.29, 0.717) is 0 Å². The standard InChI is InChI=1S/C16H18OS/c1-4-12-6-7-14(8-13(12)5-2)16(17)15-10-18-9-11(15)3/h6-10H,4-5H2,1-3H3. The van der Waals surface area contributed by atoms with Crippen molar-refractivity contribution in [2.45, 2.75) is 33.6 Å². The Hall–Kier alpha value is -1.41. The van der Waals surface area contributed by atoms with E-state index in [1.165, 1.54) is 11.1 Å². The minimum atomic E-state index is 0.145. The lowest BCUT2D eigenvalue weighted by atomic mass is 9.96. The largest absolute Gasteiger partial charge is 0.289 e.